The molecule has 6 rings (SSSR count). The van der Waals surface area contributed by atoms with Crippen LogP contribution in [-0.2, 0) is 20.1 Å². The lowest BCUT2D eigenvalue weighted by molar-refractivity contribution is -0.0369. The highest BCUT2D eigenvalue weighted by Gasteiger charge is 2.29. The summed E-state index contributed by atoms with van der Waals surface area (Å²) in [7, 11) is -3.62. The summed E-state index contributed by atoms with van der Waals surface area (Å²) in [5.74, 6) is -1.57. The van der Waals surface area contributed by atoms with Gasteiger partial charge in [-0.15, -0.1) is 0 Å². The zero-order valence-corrected chi connectivity index (χ0v) is 24.7. The molecule has 15 heteroatoms. The maximum Gasteiger partial charge on any atom is 0.335 e. The van der Waals surface area contributed by atoms with E-state index < -0.39 is 38.9 Å². The second-order valence-corrected chi connectivity index (χ2v) is 13.5. The van der Waals surface area contributed by atoms with Crippen molar-refractivity contribution in [1.82, 2.24) is 28.9 Å². The highest BCUT2D eigenvalue weighted by molar-refractivity contribution is 7.90. The Morgan fingerprint density at radius 1 is 1.07 bits per heavy atom. The molecular weight excluding hydrogens is 582 g/mol. The first-order chi connectivity index (χ1) is 20.3. The van der Waals surface area contributed by atoms with Crippen molar-refractivity contribution in [3.8, 4) is 5.69 Å². The third-order valence-corrected chi connectivity index (χ3v) is 8.46. The van der Waals surface area contributed by atoms with Gasteiger partial charge in [0, 0.05) is 23.8 Å². The van der Waals surface area contributed by atoms with Gasteiger partial charge in [0.15, 0.2) is 27.5 Å². The Bertz CT molecular complexity index is 2070. The van der Waals surface area contributed by atoms with Crippen molar-refractivity contribution in [1.29, 1.82) is 0 Å². The molecule has 1 aliphatic heterocycles. The summed E-state index contributed by atoms with van der Waals surface area (Å²) in [6.45, 7) is 5.98. The minimum absolute atomic E-state index is 0.0900. The monoisotopic (exact) mass is 612 g/mol. The first-order valence-electron chi connectivity index (χ1n) is 13.6. The molecule has 1 unspecified atom stereocenters. The summed E-state index contributed by atoms with van der Waals surface area (Å²) in [6, 6.07) is 6.13. The van der Waals surface area contributed by atoms with E-state index in [9.17, 15) is 17.6 Å². The summed E-state index contributed by atoms with van der Waals surface area (Å²) in [6.07, 6.45) is 4.55. The predicted octanol–water partition coefficient (Wildman–Crippen LogP) is 4.39. The summed E-state index contributed by atoms with van der Waals surface area (Å²) in [4.78, 5) is 22.7. The van der Waals surface area contributed by atoms with Gasteiger partial charge >= 0.3 is 5.69 Å². The molecule has 5 aromatic rings. The van der Waals surface area contributed by atoms with E-state index in [-0.39, 0.29) is 39.0 Å². The summed E-state index contributed by atoms with van der Waals surface area (Å²) in [5.41, 5.74) is 5.90. The van der Waals surface area contributed by atoms with Gasteiger partial charge in [-0.05, 0) is 70.4 Å². The number of nitrogens with two attached hydrogens (primary N) is 1. The Kier molecular flexibility index (Phi) is 6.76. The number of aromatic nitrogens is 6. The van der Waals surface area contributed by atoms with E-state index in [1.54, 1.807) is 0 Å². The average Bonchev–Trinajstić information content (AvgIpc) is 3.50. The van der Waals surface area contributed by atoms with Crippen molar-refractivity contribution in [3.05, 3.63) is 58.6 Å². The van der Waals surface area contributed by atoms with Gasteiger partial charge in [0.25, 0.3) is 0 Å². The third kappa shape index (κ3) is 4.91. The van der Waals surface area contributed by atoms with E-state index in [0.717, 1.165) is 25.2 Å². The average molecular weight is 613 g/mol. The van der Waals surface area contributed by atoms with Crippen LogP contribution in [0.2, 0.25) is 0 Å². The first kappa shape index (κ1) is 28.7. The van der Waals surface area contributed by atoms with Crippen LogP contribution in [-0.4, -0.2) is 50.2 Å². The Morgan fingerprint density at radius 2 is 1.84 bits per heavy atom. The molecule has 3 N–H and O–H groups in total. The van der Waals surface area contributed by atoms with Crippen LogP contribution in [0.15, 0.2) is 46.2 Å². The number of ether oxygens (including phenoxy) is 1. The van der Waals surface area contributed by atoms with Crippen molar-refractivity contribution in [2.75, 3.05) is 23.9 Å². The zero-order valence-electron chi connectivity index (χ0n) is 23.9. The van der Waals surface area contributed by atoms with Crippen molar-refractivity contribution >= 4 is 49.4 Å². The molecule has 1 fully saturated rings. The van der Waals surface area contributed by atoms with E-state index in [0.29, 0.717) is 24.1 Å². The molecule has 12 nitrogen and oxygen atoms in total. The number of sulfone groups is 1. The standard InChI is InChI=1S/C28H30F2N8O4S/c1-28(2,3)37-25-23(24(31)34-26(35-25)33-19-10-8-15(13-18(19)30)43(4,40)41)36(27(37)39)20-11-9-17(29)22-16(20)14-32-38(22)21-7-5-6-12-42-21/h8-11,13-14,21H,5-7,12H2,1-4H3,(H3,31,33,34,35). The number of hydrogen-bond acceptors (Lipinski definition) is 9. The molecule has 0 radical (unpaired) electrons. The van der Waals surface area contributed by atoms with Crippen LogP contribution in [0.3, 0.4) is 0 Å². The molecule has 226 valence electrons. The number of anilines is 3. The fourth-order valence-electron chi connectivity index (χ4n) is 5.39. The molecule has 2 aromatic carbocycles. The molecule has 1 atom stereocenters. The van der Waals surface area contributed by atoms with Gasteiger partial charge in [-0.25, -0.2) is 26.7 Å². The fourth-order valence-corrected chi connectivity index (χ4v) is 6.02. The molecule has 1 saturated heterocycles. The zero-order chi connectivity index (χ0) is 30.8. The number of rotatable bonds is 5. The topological polar surface area (TPSA) is 152 Å². The Hall–Kier alpha value is -4.37. The lowest BCUT2D eigenvalue weighted by Crippen LogP contribution is -2.34. The molecule has 43 heavy (non-hydrogen) atoms. The normalized spacial score (nSPS) is 16.3. The molecule has 0 spiro atoms. The van der Waals surface area contributed by atoms with E-state index >= 15 is 4.39 Å². The lowest BCUT2D eigenvalue weighted by Gasteiger charge is -2.23. The second kappa shape index (κ2) is 10.1. The molecule has 3 aromatic heterocycles. The number of nitrogens with zero attached hydrogens (tertiary/aromatic N) is 6. The van der Waals surface area contributed by atoms with Crippen molar-refractivity contribution in [2.24, 2.45) is 0 Å². The number of nitrogen functional groups attached to an aromatic ring is 1. The highest BCUT2D eigenvalue weighted by Crippen LogP contribution is 2.34. The van der Waals surface area contributed by atoms with Crippen LogP contribution in [0.5, 0.6) is 0 Å². The van der Waals surface area contributed by atoms with Gasteiger partial charge in [0.1, 0.15) is 22.7 Å². The summed E-state index contributed by atoms with van der Waals surface area (Å²) < 4.78 is 63.8. The Labute approximate surface area is 245 Å². The minimum Gasteiger partial charge on any atom is -0.382 e. The van der Waals surface area contributed by atoms with E-state index in [2.05, 4.69) is 20.4 Å². The number of halogens is 2. The Morgan fingerprint density at radius 3 is 2.49 bits per heavy atom. The third-order valence-electron chi connectivity index (χ3n) is 7.35. The van der Waals surface area contributed by atoms with Gasteiger partial charge in [-0.2, -0.15) is 15.1 Å². The van der Waals surface area contributed by atoms with Crippen molar-refractivity contribution in [3.63, 3.8) is 0 Å². The van der Waals surface area contributed by atoms with E-state index in [4.69, 9.17) is 10.5 Å². The van der Waals surface area contributed by atoms with Crippen molar-refractivity contribution < 1.29 is 21.9 Å². The summed E-state index contributed by atoms with van der Waals surface area (Å²) in [5, 5.41) is 7.54. The lowest BCUT2D eigenvalue weighted by atomic mass is 10.1. The second-order valence-electron chi connectivity index (χ2n) is 11.5. The van der Waals surface area contributed by atoms with Gasteiger partial charge < -0.3 is 15.8 Å². The predicted molar refractivity (Wildman–Crippen MR) is 157 cm³/mol. The minimum atomic E-state index is -3.62. The van der Waals surface area contributed by atoms with Crippen LogP contribution in [0.1, 0.15) is 46.3 Å². The van der Waals surface area contributed by atoms with Crippen LogP contribution >= 0.6 is 0 Å². The summed E-state index contributed by atoms with van der Waals surface area (Å²) >= 11 is 0. The molecule has 4 heterocycles. The number of hydrogen-bond donors (Lipinski definition) is 2. The van der Waals surface area contributed by atoms with Gasteiger partial charge in [-0.3, -0.25) is 9.13 Å². The molecule has 0 amide bonds. The largest absolute Gasteiger partial charge is 0.382 e. The molecule has 0 saturated carbocycles. The van der Waals surface area contributed by atoms with Crippen LogP contribution < -0.4 is 16.7 Å². The van der Waals surface area contributed by atoms with Gasteiger partial charge in [-0.1, -0.05) is 0 Å². The van der Waals surface area contributed by atoms with Gasteiger partial charge in [0.05, 0.1) is 22.5 Å². The first-order valence-corrected chi connectivity index (χ1v) is 15.5. The molecule has 0 aliphatic carbocycles. The van der Waals surface area contributed by atoms with Crippen molar-refractivity contribution in [2.45, 2.75) is 56.7 Å². The molecular formula is C28H30F2N8O4S. The number of nitrogens with one attached hydrogen (secondary N) is 1. The Balaban J connectivity index is 1.54. The molecule has 0 bridgehead atoms. The van der Waals surface area contributed by atoms with Crippen LogP contribution in [0.25, 0.3) is 27.8 Å². The smallest absolute Gasteiger partial charge is 0.335 e. The maximum atomic E-state index is 15.3. The quantitative estimate of drug-likeness (QED) is 0.294. The van der Waals surface area contributed by atoms with Crippen LogP contribution in [0.4, 0.5) is 26.2 Å². The van der Waals surface area contributed by atoms with Gasteiger partial charge in [0.2, 0.25) is 5.95 Å². The van der Waals surface area contributed by atoms with Crippen LogP contribution in [0, 0.1) is 11.6 Å². The fraction of sp³-hybridized carbons (Fsp3) is 0.357. The number of fused-ring (bicyclic) bond motifs is 2. The number of benzene rings is 2. The molecule has 1 aliphatic rings. The highest BCUT2D eigenvalue weighted by atomic mass is 32.2. The number of imidazole rings is 1. The maximum absolute atomic E-state index is 15.3. The van der Waals surface area contributed by atoms with E-state index in [1.807, 2.05) is 20.8 Å². The SMILES string of the molecule is CC(C)(C)n1c(=O)n(-c2ccc(F)c3c2cnn3C2CCCCO2)c2c(N)nc(Nc3ccc(S(C)(=O)=O)cc3F)nc21. The van der Waals surface area contributed by atoms with E-state index in [1.165, 1.54) is 44.3 Å².